The second-order valence-electron chi connectivity index (χ2n) is 10.7. The SMILES string of the molecule is CCC(CP(C(C)(C)CC)C(C)(C)CC)P(C(C)(C)CC)C(C)(C)CC. The van der Waals surface area contributed by atoms with Crippen LogP contribution in [0.3, 0.4) is 0 Å². The zero-order valence-electron chi connectivity index (χ0n) is 20.7. The van der Waals surface area contributed by atoms with Gasteiger partial charge in [-0.1, -0.05) is 106 Å². The molecule has 0 rings (SSSR count). The van der Waals surface area contributed by atoms with E-state index in [0.717, 1.165) is 5.66 Å². The predicted octanol–water partition coefficient (Wildman–Crippen LogP) is 9.48. The van der Waals surface area contributed by atoms with Crippen LogP contribution in [0.2, 0.25) is 0 Å². The number of hydrogen-bond donors (Lipinski definition) is 0. The lowest BCUT2D eigenvalue weighted by Crippen LogP contribution is -2.39. The first-order valence-electron chi connectivity index (χ1n) is 11.2. The van der Waals surface area contributed by atoms with Crippen molar-refractivity contribution in [2.24, 2.45) is 0 Å². The summed E-state index contributed by atoms with van der Waals surface area (Å²) in [6.45, 7) is 32.6. The topological polar surface area (TPSA) is 0 Å². The summed E-state index contributed by atoms with van der Waals surface area (Å²) in [5.74, 6) is 0. The number of hydrogen-bond acceptors (Lipinski definition) is 0. The van der Waals surface area contributed by atoms with Gasteiger partial charge in [0.05, 0.1) is 0 Å². The summed E-state index contributed by atoms with van der Waals surface area (Å²) in [7, 11) is -0.0447. The Labute approximate surface area is 170 Å². The molecule has 1 unspecified atom stereocenters. The smallest absolute Gasteiger partial charge is 0.0146 e. The van der Waals surface area contributed by atoms with E-state index in [2.05, 4.69) is 90.0 Å². The Morgan fingerprint density at radius 1 is 0.538 bits per heavy atom. The Bertz CT molecular complexity index is 374. The summed E-state index contributed by atoms with van der Waals surface area (Å²) in [4.78, 5) is 0. The van der Waals surface area contributed by atoms with Gasteiger partial charge in [0.15, 0.2) is 0 Å². The van der Waals surface area contributed by atoms with Crippen molar-refractivity contribution < 1.29 is 0 Å². The van der Waals surface area contributed by atoms with Crippen LogP contribution in [0.1, 0.15) is 122 Å². The standard InChI is InChI=1S/C24H52P2/c1-14-20(26(23(10,11)17-4)24(12,13)18-5)19-25(21(6,7)15-2)22(8,9)16-3/h20H,14-19H2,1-13H3. The lowest BCUT2D eigenvalue weighted by molar-refractivity contribution is 0.580. The fourth-order valence-corrected chi connectivity index (χ4v) is 14.3. The van der Waals surface area contributed by atoms with Crippen LogP contribution in [0.15, 0.2) is 0 Å². The third kappa shape index (κ3) is 6.45. The van der Waals surface area contributed by atoms with E-state index in [-0.39, 0.29) is 15.8 Å². The molecule has 0 aromatic heterocycles. The van der Waals surface area contributed by atoms with Gasteiger partial charge in [-0.05, 0) is 64.5 Å². The van der Waals surface area contributed by atoms with Gasteiger partial charge in [0, 0.05) is 0 Å². The van der Waals surface area contributed by atoms with Crippen LogP contribution in [0, 0.1) is 0 Å². The van der Waals surface area contributed by atoms with E-state index in [4.69, 9.17) is 0 Å². The summed E-state index contributed by atoms with van der Waals surface area (Å²) < 4.78 is 0. The quantitative estimate of drug-likeness (QED) is 0.285. The minimum absolute atomic E-state index is 0.0132. The minimum atomic E-state index is -0.0315. The Kier molecular flexibility index (Phi) is 10.4. The average molecular weight is 403 g/mol. The second kappa shape index (κ2) is 10.1. The van der Waals surface area contributed by atoms with Crippen molar-refractivity contribution in [2.75, 3.05) is 6.16 Å². The number of rotatable bonds is 12. The molecule has 0 bridgehead atoms. The molecule has 0 nitrogen and oxygen atoms in total. The van der Waals surface area contributed by atoms with E-state index in [1.807, 2.05) is 0 Å². The molecule has 0 saturated heterocycles. The summed E-state index contributed by atoms with van der Waals surface area (Å²) in [5.41, 5.74) is 0.901. The predicted molar refractivity (Wildman–Crippen MR) is 130 cm³/mol. The molecular weight excluding hydrogens is 350 g/mol. The monoisotopic (exact) mass is 402 g/mol. The van der Waals surface area contributed by atoms with Crippen LogP contribution < -0.4 is 0 Å². The van der Waals surface area contributed by atoms with Gasteiger partial charge in [0.2, 0.25) is 0 Å². The molecule has 1 atom stereocenters. The van der Waals surface area contributed by atoms with Crippen molar-refractivity contribution in [2.45, 2.75) is 148 Å². The molecule has 0 amide bonds. The Morgan fingerprint density at radius 3 is 1.08 bits per heavy atom. The largest absolute Gasteiger partial charge is 0.0945 e. The molecule has 2 heteroatoms. The maximum Gasteiger partial charge on any atom is -0.0146 e. The van der Waals surface area contributed by atoms with Gasteiger partial charge in [-0.15, -0.1) is 0 Å². The van der Waals surface area contributed by atoms with Crippen molar-refractivity contribution in [3.05, 3.63) is 0 Å². The van der Waals surface area contributed by atoms with Gasteiger partial charge < -0.3 is 0 Å². The summed E-state index contributed by atoms with van der Waals surface area (Å²) in [5, 5.41) is 1.92. The third-order valence-corrected chi connectivity index (χ3v) is 16.6. The maximum absolute atomic E-state index is 2.57. The van der Waals surface area contributed by atoms with E-state index in [0.29, 0.717) is 20.6 Å². The highest BCUT2D eigenvalue weighted by molar-refractivity contribution is 7.65. The molecule has 0 radical (unpaired) electrons. The minimum Gasteiger partial charge on any atom is -0.0945 e. The highest BCUT2D eigenvalue weighted by Crippen LogP contribution is 2.70. The first-order chi connectivity index (χ1) is 11.7. The fraction of sp³-hybridized carbons (Fsp3) is 1.00. The second-order valence-corrected chi connectivity index (χ2v) is 18.2. The Balaban J connectivity index is 6.09. The van der Waals surface area contributed by atoms with Crippen molar-refractivity contribution in [3.63, 3.8) is 0 Å². The molecule has 0 aromatic rings. The van der Waals surface area contributed by atoms with Gasteiger partial charge in [-0.25, -0.2) is 0 Å². The fourth-order valence-electron chi connectivity index (χ4n) is 4.45. The zero-order valence-corrected chi connectivity index (χ0v) is 22.5. The lowest BCUT2D eigenvalue weighted by atomic mass is 10.1. The van der Waals surface area contributed by atoms with Gasteiger partial charge in [0.25, 0.3) is 0 Å². The molecule has 0 aliphatic rings. The lowest BCUT2D eigenvalue weighted by Gasteiger charge is -2.53. The molecule has 0 aromatic carbocycles. The molecule has 0 fully saturated rings. The summed E-state index contributed by atoms with van der Waals surface area (Å²) in [6.07, 6.45) is 8.08. The van der Waals surface area contributed by atoms with E-state index in [1.165, 1.54) is 38.3 Å². The van der Waals surface area contributed by atoms with E-state index in [1.54, 1.807) is 0 Å². The molecule has 0 saturated carbocycles. The average Bonchev–Trinajstić information content (AvgIpc) is 2.57. The summed E-state index contributed by atoms with van der Waals surface area (Å²) >= 11 is 0. The third-order valence-electron chi connectivity index (χ3n) is 7.46. The molecule has 0 aliphatic heterocycles. The molecule has 0 heterocycles. The zero-order chi connectivity index (χ0) is 21.0. The molecule has 158 valence electrons. The molecule has 0 spiro atoms. The highest BCUT2D eigenvalue weighted by atomic mass is 31.1. The van der Waals surface area contributed by atoms with Gasteiger partial charge >= 0.3 is 0 Å². The summed E-state index contributed by atoms with van der Waals surface area (Å²) in [6, 6.07) is 0. The van der Waals surface area contributed by atoms with Crippen LogP contribution in [-0.4, -0.2) is 32.4 Å². The van der Waals surface area contributed by atoms with Crippen LogP contribution in [0.25, 0.3) is 0 Å². The van der Waals surface area contributed by atoms with Crippen molar-refractivity contribution in [1.82, 2.24) is 0 Å². The van der Waals surface area contributed by atoms with Crippen LogP contribution in [0.4, 0.5) is 0 Å². The van der Waals surface area contributed by atoms with Crippen LogP contribution >= 0.6 is 15.8 Å². The van der Waals surface area contributed by atoms with Crippen LogP contribution in [-0.2, 0) is 0 Å². The van der Waals surface area contributed by atoms with E-state index < -0.39 is 0 Å². The molecular formula is C24H52P2. The van der Waals surface area contributed by atoms with Crippen molar-refractivity contribution in [3.8, 4) is 0 Å². The first-order valence-corrected chi connectivity index (χ1v) is 14.2. The van der Waals surface area contributed by atoms with Crippen molar-refractivity contribution in [1.29, 1.82) is 0 Å². The molecule has 0 N–H and O–H groups in total. The Morgan fingerprint density at radius 2 is 0.846 bits per heavy atom. The van der Waals surface area contributed by atoms with E-state index >= 15 is 0 Å². The molecule has 0 aliphatic carbocycles. The van der Waals surface area contributed by atoms with Crippen LogP contribution in [0.5, 0.6) is 0 Å². The highest BCUT2D eigenvalue weighted by Gasteiger charge is 2.46. The van der Waals surface area contributed by atoms with E-state index in [9.17, 15) is 0 Å². The maximum atomic E-state index is 2.57. The van der Waals surface area contributed by atoms with Gasteiger partial charge in [-0.3, -0.25) is 0 Å². The van der Waals surface area contributed by atoms with Crippen molar-refractivity contribution >= 4 is 15.8 Å². The van der Waals surface area contributed by atoms with Gasteiger partial charge in [-0.2, -0.15) is 0 Å². The van der Waals surface area contributed by atoms with Gasteiger partial charge in [0.1, 0.15) is 0 Å². The first kappa shape index (κ1) is 26.9. The normalized spacial score (nSPS) is 15.8. The Hall–Kier alpha value is 0.860. The molecule has 26 heavy (non-hydrogen) atoms.